The van der Waals surface area contributed by atoms with E-state index in [2.05, 4.69) is 20.2 Å². The average molecular weight is 414 g/mol. The fourth-order valence-corrected chi connectivity index (χ4v) is 3.38. The summed E-state index contributed by atoms with van der Waals surface area (Å²) >= 11 is 0. The highest BCUT2D eigenvalue weighted by molar-refractivity contribution is 5.99. The lowest BCUT2D eigenvalue weighted by Crippen LogP contribution is -2.20. The predicted molar refractivity (Wildman–Crippen MR) is 106 cm³/mol. The Balaban J connectivity index is 1.89. The first kappa shape index (κ1) is 19.7. The number of nitrogens with two attached hydrogens (primary N) is 1. The summed E-state index contributed by atoms with van der Waals surface area (Å²) in [5.41, 5.74) is 8.14. The van der Waals surface area contributed by atoms with Crippen LogP contribution in [-0.4, -0.2) is 45.9 Å². The molecule has 0 saturated carbocycles. The number of hydrogen-bond donors (Lipinski definition) is 1. The lowest BCUT2D eigenvalue weighted by molar-refractivity contribution is 0.000990. The van der Waals surface area contributed by atoms with E-state index >= 15 is 0 Å². The van der Waals surface area contributed by atoms with Crippen molar-refractivity contribution in [3.05, 3.63) is 35.9 Å². The molecule has 11 heteroatoms. The van der Waals surface area contributed by atoms with Crippen molar-refractivity contribution in [2.45, 2.75) is 26.3 Å². The number of fused-ring (bicyclic) bond motifs is 1. The summed E-state index contributed by atoms with van der Waals surface area (Å²) in [5, 5.41) is 9.08. The summed E-state index contributed by atoms with van der Waals surface area (Å²) in [6.07, 6.45) is 3.33. The van der Waals surface area contributed by atoms with Gasteiger partial charge in [0.15, 0.2) is 5.82 Å². The van der Waals surface area contributed by atoms with Crippen LogP contribution in [0.25, 0.3) is 33.8 Å². The monoisotopic (exact) mass is 414 g/mol. The molecule has 0 bridgehead atoms. The summed E-state index contributed by atoms with van der Waals surface area (Å²) in [5.74, 6) is -3.16. The van der Waals surface area contributed by atoms with Crippen LogP contribution in [0, 0.1) is 6.92 Å². The molecular formula is C19H20F2N8O. The molecule has 4 aromatic heterocycles. The number of rotatable bonds is 5. The van der Waals surface area contributed by atoms with E-state index in [4.69, 9.17) is 5.73 Å². The second-order valence-corrected chi connectivity index (χ2v) is 7.38. The first-order chi connectivity index (χ1) is 14.0. The molecule has 4 rings (SSSR count). The Hall–Kier alpha value is -3.63. The van der Waals surface area contributed by atoms with Crippen molar-refractivity contribution >= 4 is 16.8 Å². The second kappa shape index (κ2) is 6.71. The summed E-state index contributed by atoms with van der Waals surface area (Å²) in [4.78, 5) is 20.8. The van der Waals surface area contributed by atoms with E-state index in [1.54, 1.807) is 54.8 Å². The van der Waals surface area contributed by atoms with E-state index in [1.807, 2.05) is 0 Å². The Kier molecular flexibility index (Phi) is 4.40. The van der Waals surface area contributed by atoms with Crippen molar-refractivity contribution in [2.24, 2.45) is 19.8 Å². The van der Waals surface area contributed by atoms with Crippen molar-refractivity contribution < 1.29 is 13.6 Å². The number of hydrogen-bond acceptors (Lipinski definition) is 5. The molecule has 30 heavy (non-hydrogen) atoms. The first-order valence-corrected chi connectivity index (χ1v) is 9.12. The summed E-state index contributed by atoms with van der Waals surface area (Å²) in [6, 6.07) is 3.27. The van der Waals surface area contributed by atoms with Crippen molar-refractivity contribution in [1.82, 2.24) is 34.1 Å². The Morgan fingerprint density at radius 1 is 1.23 bits per heavy atom. The number of carbonyl (C=O) groups is 1. The lowest BCUT2D eigenvalue weighted by atomic mass is 10.2. The number of alkyl halides is 2. The SMILES string of the molecule is Cc1cc(-c2cn(C)c(-c3nc(C(N)=O)cc4c3cnn4C)n2)n(CC(C)(F)F)n1. The van der Waals surface area contributed by atoms with Gasteiger partial charge in [0.05, 0.1) is 23.1 Å². The zero-order valence-corrected chi connectivity index (χ0v) is 16.9. The molecule has 0 saturated heterocycles. The molecule has 4 heterocycles. The number of aryl methyl sites for hydroxylation is 3. The van der Waals surface area contributed by atoms with Crippen molar-refractivity contribution in [3.63, 3.8) is 0 Å². The van der Waals surface area contributed by atoms with Gasteiger partial charge in [-0.25, -0.2) is 18.7 Å². The molecule has 156 valence electrons. The van der Waals surface area contributed by atoms with E-state index in [-0.39, 0.29) is 5.69 Å². The molecule has 0 radical (unpaired) electrons. The maximum Gasteiger partial charge on any atom is 0.267 e. The molecule has 9 nitrogen and oxygen atoms in total. The number of pyridine rings is 1. The van der Waals surface area contributed by atoms with Crippen LogP contribution in [0.5, 0.6) is 0 Å². The highest BCUT2D eigenvalue weighted by atomic mass is 19.3. The molecule has 0 spiro atoms. The molecule has 4 aromatic rings. The molecular weight excluding hydrogens is 394 g/mol. The highest BCUT2D eigenvalue weighted by Gasteiger charge is 2.26. The fraction of sp³-hybridized carbons (Fsp3) is 0.316. The number of carbonyl (C=O) groups excluding carboxylic acids is 1. The first-order valence-electron chi connectivity index (χ1n) is 9.12. The molecule has 1 amide bonds. The minimum absolute atomic E-state index is 0.0807. The van der Waals surface area contributed by atoms with E-state index in [1.165, 1.54) is 4.68 Å². The molecule has 0 aromatic carbocycles. The van der Waals surface area contributed by atoms with Crippen LogP contribution < -0.4 is 5.73 Å². The van der Waals surface area contributed by atoms with E-state index in [0.29, 0.717) is 39.5 Å². The summed E-state index contributed by atoms with van der Waals surface area (Å²) in [7, 11) is 3.50. The van der Waals surface area contributed by atoms with E-state index in [9.17, 15) is 13.6 Å². The van der Waals surface area contributed by atoms with Gasteiger partial charge in [-0.15, -0.1) is 0 Å². The normalized spacial score (nSPS) is 12.1. The second-order valence-electron chi connectivity index (χ2n) is 7.38. The Bertz CT molecular complexity index is 1280. The van der Waals surface area contributed by atoms with Crippen LogP contribution in [0.1, 0.15) is 23.1 Å². The van der Waals surface area contributed by atoms with Crippen LogP contribution in [0.2, 0.25) is 0 Å². The minimum atomic E-state index is -2.93. The van der Waals surface area contributed by atoms with Crippen LogP contribution >= 0.6 is 0 Å². The standard InChI is InChI=1S/C19H20F2N8O/c1-10-5-15(29(26-10)9-19(2,20)21)13-8-27(3)18(25-13)16-11-7-23-28(4)14(11)6-12(24-16)17(22)30/h5-8H,9H2,1-4H3,(H2,22,30). The van der Waals surface area contributed by atoms with Gasteiger partial charge in [-0.3, -0.25) is 14.2 Å². The van der Waals surface area contributed by atoms with Crippen LogP contribution in [0.4, 0.5) is 8.78 Å². The maximum atomic E-state index is 13.6. The topological polar surface area (TPSA) is 109 Å². The third-order valence-electron chi connectivity index (χ3n) is 4.68. The number of amides is 1. The van der Waals surface area contributed by atoms with Gasteiger partial charge in [-0.2, -0.15) is 10.2 Å². The van der Waals surface area contributed by atoms with E-state index in [0.717, 1.165) is 6.92 Å². The molecule has 0 fully saturated rings. The van der Waals surface area contributed by atoms with Gasteiger partial charge in [0, 0.05) is 32.6 Å². The zero-order chi connectivity index (χ0) is 21.8. The molecule has 0 atom stereocenters. The number of imidazole rings is 1. The Labute approximate surface area is 170 Å². The van der Waals surface area contributed by atoms with Gasteiger partial charge < -0.3 is 10.3 Å². The number of halogens is 2. The predicted octanol–water partition coefficient (Wildman–Crippen LogP) is 2.29. The summed E-state index contributed by atoms with van der Waals surface area (Å²) in [6.45, 7) is 2.01. The van der Waals surface area contributed by atoms with Crippen molar-refractivity contribution in [3.8, 4) is 22.9 Å². The third-order valence-corrected chi connectivity index (χ3v) is 4.68. The van der Waals surface area contributed by atoms with Gasteiger partial charge in [0.2, 0.25) is 0 Å². The maximum absolute atomic E-state index is 13.6. The van der Waals surface area contributed by atoms with E-state index < -0.39 is 18.4 Å². The highest BCUT2D eigenvalue weighted by Crippen LogP contribution is 2.30. The number of primary amides is 1. The largest absolute Gasteiger partial charge is 0.364 e. The molecule has 0 unspecified atom stereocenters. The Morgan fingerprint density at radius 3 is 2.63 bits per heavy atom. The number of aromatic nitrogens is 7. The molecule has 0 aliphatic carbocycles. The number of nitrogens with zero attached hydrogens (tertiary/aromatic N) is 7. The van der Waals surface area contributed by atoms with Gasteiger partial charge >= 0.3 is 0 Å². The summed E-state index contributed by atoms with van der Waals surface area (Å²) < 4.78 is 31.8. The third kappa shape index (κ3) is 3.42. The lowest BCUT2D eigenvalue weighted by Gasteiger charge is -2.12. The zero-order valence-electron chi connectivity index (χ0n) is 16.9. The fourth-order valence-electron chi connectivity index (χ4n) is 3.38. The van der Waals surface area contributed by atoms with Gasteiger partial charge in [-0.1, -0.05) is 0 Å². The molecule has 0 aliphatic rings. The average Bonchev–Trinajstić information content (AvgIpc) is 3.30. The minimum Gasteiger partial charge on any atom is -0.364 e. The molecule has 0 aliphatic heterocycles. The Morgan fingerprint density at radius 2 is 1.97 bits per heavy atom. The van der Waals surface area contributed by atoms with Gasteiger partial charge in [0.25, 0.3) is 11.8 Å². The van der Waals surface area contributed by atoms with Crippen LogP contribution in [0.3, 0.4) is 0 Å². The van der Waals surface area contributed by atoms with Crippen molar-refractivity contribution in [1.29, 1.82) is 0 Å². The quantitative estimate of drug-likeness (QED) is 0.539. The van der Waals surface area contributed by atoms with Crippen LogP contribution in [-0.2, 0) is 20.6 Å². The van der Waals surface area contributed by atoms with Crippen molar-refractivity contribution in [2.75, 3.05) is 0 Å². The van der Waals surface area contributed by atoms with Crippen LogP contribution in [0.15, 0.2) is 24.5 Å². The van der Waals surface area contributed by atoms with Gasteiger partial charge in [0.1, 0.15) is 23.6 Å². The van der Waals surface area contributed by atoms with Gasteiger partial charge in [-0.05, 0) is 19.1 Å². The smallest absolute Gasteiger partial charge is 0.267 e. The molecule has 2 N–H and O–H groups in total.